The molecule has 0 saturated carbocycles. The van der Waals surface area contributed by atoms with Gasteiger partial charge < -0.3 is 15.4 Å². The lowest BCUT2D eigenvalue weighted by atomic mass is 10.1. The highest BCUT2D eigenvalue weighted by Crippen LogP contribution is 2.28. The van der Waals surface area contributed by atoms with Crippen LogP contribution in [0.25, 0.3) is 0 Å². The molecule has 102 valence electrons. The fourth-order valence-corrected chi connectivity index (χ4v) is 3.14. The Labute approximate surface area is 126 Å². The van der Waals surface area contributed by atoms with E-state index in [4.69, 9.17) is 22.7 Å². The maximum absolute atomic E-state index is 11.5. The Bertz CT molecular complexity index is 521. The van der Waals surface area contributed by atoms with Gasteiger partial charge in [0.05, 0.1) is 13.0 Å². The van der Waals surface area contributed by atoms with E-state index in [1.165, 1.54) is 7.11 Å². The van der Waals surface area contributed by atoms with Crippen LogP contribution in [0.5, 0.6) is 0 Å². The third-order valence-corrected chi connectivity index (χ3v) is 4.18. The fourth-order valence-electron chi connectivity index (χ4n) is 2.25. The number of benzene rings is 1. The molecule has 1 aromatic carbocycles. The minimum absolute atomic E-state index is 0.0426. The maximum Gasteiger partial charge on any atom is 0.310 e. The number of thiocarbonyl (C=S) groups is 1. The molecule has 1 unspecified atom stereocenters. The first-order valence-electron chi connectivity index (χ1n) is 5.95. The molecule has 0 spiro atoms. The van der Waals surface area contributed by atoms with Crippen LogP contribution in [0, 0.1) is 5.92 Å². The van der Waals surface area contributed by atoms with E-state index in [1.807, 2.05) is 18.2 Å². The molecular weight excluding hydrogens is 328 g/mol. The molecular formula is C13H15BrN2O2S. The number of ether oxygens (including phenoxy) is 1. The molecule has 1 atom stereocenters. The van der Waals surface area contributed by atoms with Crippen molar-refractivity contribution in [2.75, 3.05) is 25.1 Å². The zero-order valence-electron chi connectivity index (χ0n) is 10.6. The minimum atomic E-state index is -0.138. The number of carbonyl (C=O) groups excluding carboxylic acids is 1. The molecule has 2 N–H and O–H groups in total. The van der Waals surface area contributed by atoms with E-state index in [2.05, 4.69) is 20.8 Å². The highest BCUT2D eigenvalue weighted by atomic mass is 79.9. The second-order valence-corrected chi connectivity index (χ2v) is 5.78. The molecule has 1 aliphatic rings. The summed E-state index contributed by atoms with van der Waals surface area (Å²) in [5.74, 6) is -0.180. The fraction of sp³-hybridized carbons (Fsp3) is 0.385. The summed E-state index contributed by atoms with van der Waals surface area (Å²) in [6, 6.07) is 5.85. The van der Waals surface area contributed by atoms with Gasteiger partial charge >= 0.3 is 5.97 Å². The predicted octanol–water partition coefficient (Wildman–Crippen LogP) is 2.08. The van der Waals surface area contributed by atoms with E-state index < -0.39 is 0 Å². The largest absolute Gasteiger partial charge is 0.469 e. The Balaban J connectivity index is 2.14. The molecule has 1 fully saturated rings. The number of nitrogens with two attached hydrogens (primary N) is 1. The lowest BCUT2D eigenvalue weighted by molar-refractivity contribution is -0.144. The molecule has 2 rings (SSSR count). The SMILES string of the molecule is COC(=O)C1CCN(c2ccc(C(N)=S)c(Br)c2)C1. The van der Waals surface area contributed by atoms with Gasteiger partial charge in [0.15, 0.2) is 0 Å². The van der Waals surface area contributed by atoms with Crippen molar-refractivity contribution in [2.45, 2.75) is 6.42 Å². The molecule has 1 aliphatic heterocycles. The number of nitrogens with zero attached hydrogens (tertiary/aromatic N) is 1. The van der Waals surface area contributed by atoms with Crippen LogP contribution in [0.3, 0.4) is 0 Å². The van der Waals surface area contributed by atoms with Gasteiger partial charge in [-0.25, -0.2) is 0 Å². The molecule has 4 nitrogen and oxygen atoms in total. The Morgan fingerprint density at radius 2 is 2.32 bits per heavy atom. The molecule has 0 radical (unpaired) electrons. The Kier molecular flexibility index (Phi) is 4.42. The van der Waals surface area contributed by atoms with Crippen LogP contribution in [0.1, 0.15) is 12.0 Å². The van der Waals surface area contributed by atoms with Gasteiger partial charge in [0.1, 0.15) is 4.99 Å². The average Bonchev–Trinajstić information content (AvgIpc) is 2.86. The van der Waals surface area contributed by atoms with Crippen LogP contribution < -0.4 is 10.6 Å². The summed E-state index contributed by atoms with van der Waals surface area (Å²) in [5, 5.41) is 0. The lowest BCUT2D eigenvalue weighted by Crippen LogP contribution is -2.23. The molecule has 0 bridgehead atoms. The molecule has 1 heterocycles. The number of esters is 1. The van der Waals surface area contributed by atoms with Crippen molar-refractivity contribution in [3.63, 3.8) is 0 Å². The summed E-state index contributed by atoms with van der Waals surface area (Å²) in [4.78, 5) is 14.0. The minimum Gasteiger partial charge on any atom is -0.469 e. The van der Waals surface area contributed by atoms with Crippen molar-refractivity contribution >= 4 is 44.8 Å². The zero-order valence-corrected chi connectivity index (χ0v) is 13.0. The average molecular weight is 343 g/mol. The van der Waals surface area contributed by atoms with Gasteiger partial charge in [-0.05, 0) is 40.5 Å². The normalized spacial score (nSPS) is 18.4. The third-order valence-electron chi connectivity index (χ3n) is 3.31. The first kappa shape index (κ1) is 14.3. The second kappa shape index (κ2) is 5.88. The van der Waals surface area contributed by atoms with Crippen molar-refractivity contribution in [3.05, 3.63) is 28.2 Å². The molecule has 0 aliphatic carbocycles. The van der Waals surface area contributed by atoms with E-state index in [9.17, 15) is 4.79 Å². The Morgan fingerprint density at radius 3 is 2.89 bits per heavy atom. The number of anilines is 1. The van der Waals surface area contributed by atoms with E-state index in [-0.39, 0.29) is 11.9 Å². The quantitative estimate of drug-likeness (QED) is 0.673. The van der Waals surface area contributed by atoms with E-state index in [1.54, 1.807) is 0 Å². The predicted molar refractivity (Wildman–Crippen MR) is 82.4 cm³/mol. The molecule has 1 saturated heterocycles. The van der Waals surface area contributed by atoms with Crippen LogP contribution >= 0.6 is 28.1 Å². The smallest absolute Gasteiger partial charge is 0.310 e. The maximum atomic E-state index is 11.5. The Hall–Kier alpha value is -1.14. The standard InChI is InChI=1S/C13H15BrN2O2S/c1-18-13(17)8-4-5-16(7-8)9-2-3-10(12(15)19)11(14)6-9/h2-3,6,8H,4-5,7H2,1H3,(H2,15,19). The van der Waals surface area contributed by atoms with Crippen molar-refractivity contribution in [1.29, 1.82) is 0 Å². The first-order chi connectivity index (χ1) is 9.02. The van der Waals surface area contributed by atoms with E-state index in [0.29, 0.717) is 11.5 Å². The third kappa shape index (κ3) is 3.06. The summed E-state index contributed by atoms with van der Waals surface area (Å²) in [6.45, 7) is 1.53. The Morgan fingerprint density at radius 1 is 1.58 bits per heavy atom. The van der Waals surface area contributed by atoms with Crippen molar-refractivity contribution in [1.82, 2.24) is 0 Å². The summed E-state index contributed by atoms with van der Waals surface area (Å²) in [5.41, 5.74) is 7.50. The van der Waals surface area contributed by atoms with Gasteiger partial charge in [0, 0.05) is 28.8 Å². The monoisotopic (exact) mass is 342 g/mol. The van der Waals surface area contributed by atoms with Crippen molar-refractivity contribution in [2.24, 2.45) is 11.7 Å². The number of rotatable bonds is 3. The number of halogens is 1. The van der Waals surface area contributed by atoms with Crippen molar-refractivity contribution < 1.29 is 9.53 Å². The summed E-state index contributed by atoms with van der Waals surface area (Å²) < 4.78 is 5.66. The van der Waals surface area contributed by atoms with Gasteiger partial charge in [-0.15, -0.1) is 0 Å². The summed E-state index contributed by atoms with van der Waals surface area (Å²) >= 11 is 8.44. The zero-order chi connectivity index (χ0) is 14.0. The van der Waals surface area contributed by atoms with Gasteiger partial charge in [-0.3, -0.25) is 4.79 Å². The van der Waals surface area contributed by atoms with Crippen LogP contribution in [-0.2, 0) is 9.53 Å². The molecule has 0 aromatic heterocycles. The van der Waals surface area contributed by atoms with E-state index >= 15 is 0 Å². The first-order valence-corrected chi connectivity index (χ1v) is 7.15. The second-order valence-electron chi connectivity index (χ2n) is 4.48. The highest BCUT2D eigenvalue weighted by molar-refractivity contribution is 9.10. The number of methoxy groups -OCH3 is 1. The van der Waals surface area contributed by atoms with Crippen LogP contribution in [0.4, 0.5) is 5.69 Å². The topological polar surface area (TPSA) is 55.6 Å². The van der Waals surface area contributed by atoms with Crippen LogP contribution in [0.15, 0.2) is 22.7 Å². The van der Waals surface area contributed by atoms with Crippen LogP contribution in [-0.4, -0.2) is 31.2 Å². The molecule has 19 heavy (non-hydrogen) atoms. The summed E-state index contributed by atoms with van der Waals surface area (Å²) in [6.07, 6.45) is 0.821. The van der Waals surface area contributed by atoms with E-state index in [0.717, 1.165) is 28.7 Å². The van der Waals surface area contributed by atoms with Gasteiger partial charge in [-0.2, -0.15) is 0 Å². The van der Waals surface area contributed by atoms with Crippen LogP contribution in [0.2, 0.25) is 0 Å². The van der Waals surface area contributed by atoms with Gasteiger partial charge in [-0.1, -0.05) is 12.2 Å². The van der Waals surface area contributed by atoms with Gasteiger partial charge in [0.25, 0.3) is 0 Å². The number of carbonyl (C=O) groups is 1. The number of hydrogen-bond acceptors (Lipinski definition) is 4. The molecule has 1 aromatic rings. The number of hydrogen-bond donors (Lipinski definition) is 1. The molecule has 6 heteroatoms. The highest BCUT2D eigenvalue weighted by Gasteiger charge is 2.29. The molecule has 0 amide bonds. The van der Waals surface area contributed by atoms with Crippen molar-refractivity contribution in [3.8, 4) is 0 Å². The lowest BCUT2D eigenvalue weighted by Gasteiger charge is -2.19. The van der Waals surface area contributed by atoms with Gasteiger partial charge in [0.2, 0.25) is 0 Å². The summed E-state index contributed by atoms with van der Waals surface area (Å²) in [7, 11) is 1.43.